The third-order valence-corrected chi connectivity index (χ3v) is 4.93. The van der Waals surface area contributed by atoms with Crippen molar-refractivity contribution in [3.05, 3.63) is 45.9 Å². The molecule has 7 heteroatoms. The van der Waals surface area contributed by atoms with Crippen molar-refractivity contribution in [1.82, 2.24) is 15.3 Å². The van der Waals surface area contributed by atoms with Gasteiger partial charge >= 0.3 is 0 Å². The number of anilines is 2. The molecule has 1 saturated heterocycles. The second-order valence-corrected chi connectivity index (χ2v) is 6.39. The summed E-state index contributed by atoms with van der Waals surface area (Å²) in [6, 6.07) is 8.08. The van der Waals surface area contributed by atoms with Crippen LogP contribution in [0.15, 0.2) is 29.1 Å². The SMILES string of the molecule is COc1ccccc1N1CCN(c2nc3c(c(=O)[nH]2)CNCC3)CC1. The van der Waals surface area contributed by atoms with Gasteiger partial charge in [0.25, 0.3) is 5.56 Å². The number of hydrogen-bond acceptors (Lipinski definition) is 6. The van der Waals surface area contributed by atoms with Crippen LogP contribution in [-0.2, 0) is 13.0 Å². The van der Waals surface area contributed by atoms with Crippen molar-refractivity contribution in [3.63, 3.8) is 0 Å². The van der Waals surface area contributed by atoms with Gasteiger partial charge in [0.05, 0.1) is 24.1 Å². The highest BCUT2D eigenvalue weighted by Gasteiger charge is 2.23. The van der Waals surface area contributed by atoms with Crippen molar-refractivity contribution in [2.24, 2.45) is 0 Å². The summed E-state index contributed by atoms with van der Waals surface area (Å²) in [5.74, 6) is 1.59. The van der Waals surface area contributed by atoms with Crippen LogP contribution < -0.4 is 25.4 Å². The number of methoxy groups -OCH3 is 1. The molecule has 132 valence electrons. The van der Waals surface area contributed by atoms with E-state index >= 15 is 0 Å². The first-order chi connectivity index (χ1) is 12.3. The average Bonchev–Trinajstić information content (AvgIpc) is 2.68. The van der Waals surface area contributed by atoms with Crippen molar-refractivity contribution in [1.29, 1.82) is 0 Å². The Morgan fingerprint density at radius 2 is 1.88 bits per heavy atom. The van der Waals surface area contributed by atoms with E-state index in [1.165, 1.54) is 0 Å². The molecule has 0 unspecified atom stereocenters. The van der Waals surface area contributed by atoms with Gasteiger partial charge in [-0.15, -0.1) is 0 Å². The number of nitrogens with zero attached hydrogens (tertiary/aromatic N) is 3. The summed E-state index contributed by atoms with van der Waals surface area (Å²) in [4.78, 5) is 24.5. The summed E-state index contributed by atoms with van der Waals surface area (Å²) in [5, 5.41) is 3.22. The third kappa shape index (κ3) is 3.07. The largest absolute Gasteiger partial charge is 0.495 e. The lowest BCUT2D eigenvalue weighted by molar-refractivity contribution is 0.413. The van der Waals surface area contributed by atoms with E-state index < -0.39 is 0 Å². The molecular weight excluding hydrogens is 318 g/mol. The standard InChI is InChI=1S/C18H23N5O2/c1-25-16-5-3-2-4-15(16)22-8-10-23(11-9-22)18-20-14-6-7-19-12-13(14)17(24)21-18/h2-5,19H,6-12H2,1H3,(H,20,21,24). The van der Waals surface area contributed by atoms with Crippen LogP contribution in [0.25, 0.3) is 0 Å². The highest BCUT2D eigenvalue weighted by molar-refractivity contribution is 5.59. The molecular formula is C18H23N5O2. The maximum atomic E-state index is 12.3. The fourth-order valence-corrected chi connectivity index (χ4v) is 3.54. The van der Waals surface area contributed by atoms with Gasteiger partial charge in [-0.1, -0.05) is 12.1 Å². The fourth-order valence-electron chi connectivity index (χ4n) is 3.54. The Hall–Kier alpha value is -2.54. The molecule has 2 N–H and O–H groups in total. The quantitative estimate of drug-likeness (QED) is 0.858. The molecule has 0 bridgehead atoms. The number of ether oxygens (including phenoxy) is 1. The molecule has 0 radical (unpaired) electrons. The fraction of sp³-hybridized carbons (Fsp3) is 0.444. The molecule has 3 heterocycles. The predicted octanol–water partition coefficient (Wildman–Crippen LogP) is 0.751. The zero-order chi connectivity index (χ0) is 17.2. The zero-order valence-corrected chi connectivity index (χ0v) is 14.4. The van der Waals surface area contributed by atoms with E-state index in [-0.39, 0.29) is 5.56 Å². The first kappa shape index (κ1) is 16.0. The molecule has 1 aromatic carbocycles. The van der Waals surface area contributed by atoms with Gasteiger partial charge in [-0.2, -0.15) is 0 Å². The molecule has 2 aliphatic heterocycles. The molecule has 25 heavy (non-hydrogen) atoms. The molecule has 0 saturated carbocycles. The lowest BCUT2D eigenvalue weighted by atomic mass is 10.1. The number of H-pyrrole nitrogens is 1. The van der Waals surface area contributed by atoms with E-state index in [0.717, 1.165) is 61.8 Å². The highest BCUT2D eigenvalue weighted by atomic mass is 16.5. The molecule has 7 nitrogen and oxygen atoms in total. The van der Waals surface area contributed by atoms with Crippen molar-refractivity contribution < 1.29 is 4.74 Å². The van der Waals surface area contributed by atoms with Gasteiger partial charge in [0.2, 0.25) is 5.95 Å². The van der Waals surface area contributed by atoms with E-state index in [1.807, 2.05) is 18.2 Å². The maximum Gasteiger partial charge on any atom is 0.257 e. The molecule has 2 aliphatic rings. The van der Waals surface area contributed by atoms with E-state index in [0.29, 0.717) is 12.5 Å². The van der Waals surface area contributed by atoms with Crippen molar-refractivity contribution in [3.8, 4) is 5.75 Å². The van der Waals surface area contributed by atoms with Gasteiger partial charge in [-0.05, 0) is 12.1 Å². The number of fused-ring (bicyclic) bond motifs is 1. The topological polar surface area (TPSA) is 73.5 Å². The van der Waals surface area contributed by atoms with Gasteiger partial charge in [0, 0.05) is 45.7 Å². The minimum absolute atomic E-state index is 0.0145. The van der Waals surface area contributed by atoms with Gasteiger partial charge in [0.15, 0.2) is 0 Å². The van der Waals surface area contributed by atoms with Crippen LogP contribution in [0.2, 0.25) is 0 Å². The molecule has 0 atom stereocenters. The number of hydrogen-bond donors (Lipinski definition) is 2. The van der Waals surface area contributed by atoms with Gasteiger partial charge in [-0.25, -0.2) is 4.98 Å². The summed E-state index contributed by atoms with van der Waals surface area (Å²) in [6.07, 6.45) is 0.813. The Morgan fingerprint density at radius 3 is 2.68 bits per heavy atom. The molecule has 0 spiro atoms. The lowest BCUT2D eigenvalue weighted by Crippen LogP contribution is -2.48. The van der Waals surface area contributed by atoms with Crippen LogP contribution in [0.5, 0.6) is 5.75 Å². The van der Waals surface area contributed by atoms with Crippen LogP contribution >= 0.6 is 0 Å². The molecule has 0 amide bonds. The van der Waals surface area contributed by atoms with Crippen molar-refractivity contribution in [2.45, 2.75) is 13.0 Å². The predicted molar refractivity (Wildman–Crippen MR) is 97.7 cm³/mol. The summed E-state index contributed by atoms with van der Waals surface area (Å²) in [7, 11) is 1.70. The summed E-state index contributed by atoms with van der Waals surface area (Å²) >= 11 is 0. The number of aromatic amines is 1. The Morgan fingerprint density at radius 1 is 1.12 bits per heavy atom. The summed E-state index contributed by atoms with van der Waals surface area (Å²) < 4.78 is 5.47. The molecule has 1 fully saturated rings. The van der Waals surface area contributed by atoms with E-state index in [4.69, 9.17) is 9.72 Å². The monoisotopic (exact) mass is 341 g/mol. The molecule has 0 aliphatic carbocycles. The average molecular weight is 341 g/mol. The third-order valence-electron chi connectivity index (χ3n) is 4.93. The zero-order valence-electron chi connectivity index (χ0n) is 14.4. The van der Waals surface area contributed by atoms with Gasteiger partial charge in [0.1, 0.15) is 5.75 Å². The van der Waals surface area contributed by atoms with Crippen LogP contribution in [0.4, 0.5) is 11.6 Å². The Labute approximate surface area is 146 Å². The van der Waals surface area contributed by atoms with Crippen LogP contribution in [-0.4, -0.2) is 49.8 Å². The lowest BCUT2D eigenvalue weighted by Gasteiger charge is -2.37. The number of benzene rings is 1. The van der Waals surface area contributed by atoms with E-state index in [9.17, 15) is 4.79 Å². The van der Waals surface area contributed by atoms with Gasteiger partial charge < -0.3 is 19.9 Å². The van der Waals surface area contributed by atoms with Gasteiger partial charge in [-0.3, -0.25) is 9.78 Å². The number of rotatable bonds is 3. The number of piperazine rings is 1. The maximum absolute atomic E-state index is 12.3. The highest BCUT2D eigenvalue weighted by Crippen LogP contribution is 2.28. The van der Waals surface area contributed by atoms with E-state index in [1.54, 1.807) is 7.11 Å². The summed E-state index contributed by atoms with van der Waals surface area (Å²) in [6.45, 7) is 4.85. The van der Waals surface area contributed by atoms with E-state index in [2.05, 4.69) is 26.2 Å². The van der Waals surface area contributed by atoms with Crippen LogP contribution in [0.3, 0.4) is 0 Å². The second-order valence-electron chi connectivity index (χ2n) is 6.39. The van der Waals surface area contributed by atoms with Crippen LogP contribution in [0, 0.1) is 0 Å². The Kier molecular flexibility index (Phi) is 4.31. The Bertz CT molecular complexity index is 811. The number of nitrogens with one attached hydrogen (secondary N) is 2. The smallest absolute Gasteiger partial charge is 0.257 e. The molecule has 4 rings (SSSR count). The minimum atomic E-state index is -0.0145. The van der Waals surface area contributed by atoms with Crippen molar-refractivity contribution in [2.75, 3.05) is 49.6 Å². The number of aromatic nitrogens is 2. The first-order valence-corrected chi connectivity index (χ1v) is 8.72. The Balaban J connectivity index is 1.51. The molecule has 1 aromatic heterocycles. The first-order valence-electron chi connectivity index (χ1n) is 8.72. The van der Waals surface area contributed by atoms with Crippen LogP contribution in [0.1, 0.15) is 11.3 Å². The molecule has 2 aromatic rings. The minimum Gasteiger partial charge on any atom is -0.495 e. The normalized spacial score (nSPS) is 17.3. The second kappa shape index (κ2) is 6.76. The summed E-state index contributed by atoms with van der Waals surface area (Å²) in [5.41, 5.74) is 2.81. The number of para-hydroxylation sites is 2. The van der Waals surface area contributed by atoms with Crippen molar-refractivity contribution >= 4 is 11.6 Å².